The molecular formula is C21H27N3O5S. The quantitative estimate of drug-likeness (QED) is 0.614. The highest BCUT2D eigenvalue weighted by Gasteiger charge is 2.76. The molecule has 1 spiro atoms. The summed E-state index contributed by atoms with van der Waals surface area (Å²) < 4.78 is 4.10. The third-order valence-electron chi connectivity index (χ3n) is 6.75. The molecule has 9 heteroatoms. The van der Waals surface area contributed by atoms with E-state index in [1.165, 1.54) is 4.90 Å². The lowest BCUT2D eigenvalue weighted by Gasteiger charge is -2.34. The van der Waals surface area contributed by atoms with E-state index in [-0.39, 0.29) is 35.6 Å². The molecule has 0 aliphatic carbocycles. The van der Waals surface area contributed by atoms with Gasteiger partial charge in [0.1, 0.15) is 11.8 Å². The van der Waals surface area contributed by atoms with Crippen LogP contribution in [0.2, 0.25) is 0 Å². The van der Waals surface area contributed by atoms with Gasteiger partial charge in [-0.05, 0) is 44.0 Å². The highest BCUT2D eigenvalue weighted by atomic mass is 32.2. The van der Waals surface area contributed by atoms with Crippen LogP contribution in [0.4, 0.5) is 5.69 Å². The Morgan fingerprint density at radius 2 is 1.97 bits per heavy atom. The number of benzene rings is 1. The molecule has 5 atom stereocenters. The number of likely N-dealkylation sites (tertiary alicyclic amines) is 1. The van der Waals surface area contributed by atoms with E-state index in [1.807, 2.05) is 6.92 Å². The number of ether oxygens (including phenoxy) is 1. The molecule has 0 saturated carbocycles. The van der Waals surface area contributed by atoms with E-state index in [9.17, 15) is 19.5 Å². The Hall–Kier alpha value is -2.26. The van der Waals surface area contributed by atoms with Gasteiger partial charge in [0.15, 0.2) is 0 Å². The number of hydrogen-bond donors (Lipinski definition) is 3. The second-order valence-electron chi connectivity index (χ2n) is 8.31. The van der Waals surface area contributed by atoms with Crippen molar-refractivity contribution in [2.45, 2.75) is 35.3 Å². The van der Waals surface area contributed by atoms with Crippen molar-refractivity contribution in [2.24, 2.45) is 11.8 Å². The molecule has 3 amide bonds. The highest BCUT2D eigenvalue weighted by molar-refractivity contribution is 8.02. The summed E-state index contributed by atoms with van der Waals surface area (Å²) in [5.41, 5.74) is 0.601. The molecule has 3 saturated heterocycles. The number of fused-ring (bicyclic) bond motifs is 1. The number of carbonyl (C=O) groups is 3. The van der Waals surface area contributed by atoms with Crippen LogP contribution in [-0.2, 0) is 14.4 Å². The Labute approximate surface area is 179 Å². The van der Waals surface area contributed by atoms with Crippen molar-refractivity contribution >= 4 is 35.2 Å². The average molecular weight is 434 g/mol. The van der Waals surface area contributed by atoms with Crippen LogP contribution in [0.5, 0.6) is 5.75 Å². The van der Waals surface area contributed by atoms with E-state index in [0.29, 0.717) is 17.9 Å². The van der Waals surface area contributed by atoms with E-state index in [4.69, 9.17) is 4.74 Å². The standard InChI is InChI=1S/C21H27N3O5S/c1-20-8-9-21(30-20)15(14(20)17(26)22-2)19(28)24(10-11-25)16(21)18(27)23-12-4-6-13(29-3)7-5-12/h4-7,14-16,25H,8-11H2,1-3H3,(H,22,26)(H,23,27)/t14-,15+,16?,20+,21?/m1/s1. The number of β-amino-alcohol motifs (C(OH)–C–C–N with tert-alkyl or cyclic N) is 1. The normalized spacial score (nSPS) is 34.1. The van der Waals surface area contributed by atoms with Gasteiger partial charge in [0.2, 0.25) is 17.7 Å². The molecule has 4 rings (SSSR count). The number of nitrogens with one attached hydrogen (secondary N) is 2. The summed E-state index contributed by atoms with van der Waals surface area (Å²) in [4.78, 5) is 41.1. The van der Waals surface area contributed by atoms with E-state index >= 15 is 0 Å². The first kappa shape index (κ1) is 21.0. The van der Waals surface area contributed by atoms with Gasteiger partial charge in [-0.15, -0.1) is 11.8 Å². The Bertz CT molecular complexity index is 878. The fourth-order valence-electron chi connectivity index (χ4n) is 5.52. The van der Waals surface area contributed by atoms with Crippen molar-refractivity contribution in [3.63, 3.8) is 0 Å². The molecule has 3 heterocycles. The molecule has 1 aromatic carbocycles. The number of carbonyl (C=O) groups excluding carboxylic acids is 3. The summed E-state index contributed by atoms with van der Waals surface area (Å²) in [6.07, 6.45) is 1.44. The minimum atomic E-state index is -0.745. The summed E-state index contributed by atoms with van der Waals surface area (Å²) in [5.74, 6) is -1.06. The molecule has 0 aromatic heterocycles. The summed E-state index contributed by atoms with van der Waals surface area (Å²) >= 11 is 1.60. The van der Waals surface area contributed by atoms with Gasteiger partial charge >= 0.3 is 0 Å². The second kappa shape index (κ2) is 7.46. The number of hydrogen-bond acceptors (Lipinski definition) is 6. The van der Waals surface area contributed by atoms with Gasteiger partial charge in [-0.1, -0.05) is 0 Å². The topological polar surface area (TPSA) is 108 Å². The van der Waals surface area contributed by atoms with Crippen molar-refractivity contribution < 1.29 is 24.2 Å². The van der Waals surface area contributed by atoms with Crippen LogP contribution < -0.4 is 15.4 Å². The lowest BCUT2D eigenvalue weighted by atomic mass is 9.66. The molecule has 2 bridgehead atoms. The maximum absolute atomic E-state index is 13.4. The number of rotatable bonds is 6. The molecule has 8 nitrogen and oxygen atoms in total. The third-order valence-corrected chi connectivity index (χ3v) is 8.74. The van der Waals surface area contributed by atoms with Crippen LogP contribution >= 0.6 is 11.8 Å². The van der Waals surface area contributed by atoms with Crippen LogP contribution in [0.25, 0.3) is 0 Å². The van der Waals surface area contributed by atoms with Gasteiger partial charge in [0, 0.05) is 24.0 Å². The number of amides is 3. The van der Waals surface area contributed by atoms with Crippen LogP contribution in [0.1, 0.15) is 19.8 Å². The van der Waals surface area contributed by atoms with Gasteiger partial charge in [-0.2, -0.15) is 0 Å². The monoisotopic (exact) mass is 433 g/mol. The number of methoxy groups -OCH3 is 1. The van der Waals surface area contributed by atoms with Crippen molar-refractivity contribution in [3.05, 3.63) is 24.3 Å². The third kappa shape index (κ3) is 2.90. The highest BCUT2D eigenvalue weighted by Crippen LogP contribution is 2.71. The zero-order valence-corrected chi connectivity index (χ0v) is 18.1. The molecule has 3 N–H and O–H groups in total. The minimum Gasteiger partial charge on any atom is -0.497 e. The van der Waals surface area contributed by atoms with E-state index in [1.54, 1.807) is 50.2 Å². The smallest absolute Gasteiger partial charge is 0.248 e. The van der Waals surface area contributed by atoms with Gasteiger partial charge in [-0.25, -0.2) is 0 Å². The van der Waals surface area contributed by atoms with Gasteiger partial charge in [-0.3, -0.25) is 14.4 Å². The van der Waals surface area contributed by atoms with Crippen LogP contribution in [-0.4, -0.2) is 70.6 Å². The van der Waals surface area contributed by atoms with Crippen molar-refractivity contribution in [1.82, 2.24) is 10.2 Å². The van der Waals surface area contributed by atoms with Crippen LogP contribution in [0.15, 0.2) is 24.3 Å². The molecule has 0 radical (unpaired) electrons. The van der Waals surface area contributed by atoms with Crippen LogP contribution in [0, 0.1) is 11.8 Å². The number of anilines is 1. The Morgan fingerprint density at radius 3 is 2.57 bits per heavy atom. The number of thioether (sulfide) groups is 1. The molecule has 3 fully saturated rings. The lowest BCUT2D eigenvalue weighted by Crippen LogP contribution is -2.52. The predicted octanol–water partition coefficient (Wildman–Crippen LogP) is 0.853. The zero-order valence-electron chi connectivity index (χ0n) is 17.3. The van der Waals surface area contributed by atoms with Gasteiger partial charge in [0.25, 0.3) is 0 Å². The molecule has 3 aliphatic rings. The van der Waals surface area contributed by atoms with Gasteiger partial charge in [0.05, 0.1) is 30.3 Å². The first-order chi connectivity index (χ1) is 14.3. The van der Waals surface area contributed by atoms with Gasteiger partial charge < -0.3 is 25.4 Å². The largest absolute Gasteiger partial charge is 0.497 e. The summed E-state index contributed by atoms with van der Waals surface area (Å²) in [6.45, 7) is 1.84. The summed E-state index contributed by atoms with van der Waals surface area (Å²) in [6, 6.07) is 6.24. The van der Waals surface area contributed by atoms with Crippen molar-refractivity contribution in [1.29, 1.82) is 0 Å². The number of nitrogens with zero attached hydrogens (tertiary/aromatic N) is 1. The van der Waals surface area contributed by atoms with Crippen LogP contribution in [0.3, 0.4) is 0 Å². The minimum absolute atomic E-state index is 0.0650. The van der Waals surface area contributed by atoms with Crippen molar-refractivity contribution in [2.75, 3.05) is 32.6 Å². The zero-order chi connectivity index (χ0) is 21.7. The average Bonchev–Trinajstić information content (AvgIpc) is 3.29. The fourth-order valence-corrected chi connectivity index (χ4v) is 7.87. The molecular weight excluding hydrogens is 406 g/mol. The van der Waals surface area contributed by atoms with Crippen molar-refractivity contribution in [3.8, 4) is 5.75 Å². The molecule has 2 unspecified atom stereocenters. The maximum atomic E-state index is 13.4. The predicted molar refractivity (Wildman–Crippen MR) is 113 cm³/mol. The number of aliphatic hydroxyl groups is 1. The Balaban J connectivity index is 1.69. The van der Waals surface area contributed by atoms with E-state index in [0.717, 1.165) is 6.42 Å². The maximum Gasteiger partial charge on any atom is 0.248 e. The molecule has 3 aliphatic heterocycles. The number of aliphatic hydroxyl groups excluding tert-OH is 1. The Morgan fingerprint density at radius 1 is 1.27 bits per heavy atom. The van der Waals surface area contributed by atoms with E-state index < -0.39 is 22.6 Å². The summed E-state index contributed by atoms with van der Waals surface area (Å²) in [5, 5.41) is 15.2. The first-order valence-electron chi connectivity index (χ1n) is 10.1. The lowest BCUT2D eigenvalue weighted by molar-refractivity contribution is -0.140. The summed E-state index contributed by atoms with van der Waals surface area (Å²) in [7, 11) is 3.15. The Kier molecular flexibility index (Phi) is 5.22. The first-order valence-corrected chi connectivity index (χ1v) is 10.9. The SMILES string of the molecule is CNC(=O)[C@H]1[C@H]2C(=O)N(CCO)C(C(=O)Nc3ccc(OC)cc3)C23CC[C@]1(C)S3. The van der Waals surface area contributed by atoms with E-state index in [2.05, 4.69) is 10.6 Å². The molecule has 30 heavy (non-hydrogen) atoms. The second-order valence-corrected chi connectivity index (χ2v) is 10.2. The fraction of sp³-hybridized carbons (Fsp3) is 0.571. The molecule has 162 valence electrons. The molecule has 1 aromatic rings.